The number of hydrogen-bond donors (Lipinski definition) is 1. The average molecular weight is 300 g/mol. The maximum absolute atomic E-state index is 13.2. The van der Waals surface area contributed by atoms with Gasteiger partial charge in [0.05, 0.1) is 4.92 Å². The lowest BCUT2D eigenvalue weighted by Gasteiger charge is -2.28. The Hall–Kier alpha value is -1.76. The number of rotatable bonds is 6. The first-order valence-electron chi connectivity index (χ1n) is 6.98. The lowest BCUT2D eigenvalue weighted by atomic mass is 10.1. The Morgan fingerprint density at radius 1 is 1.48 bits per heavy atom. The van der Waals surface area contributed by atoms with Crippen LogP contribution >= 0.6 is 0 Å². The molecule has 2 rings (SSSR count). The van der Waals surface area contributed by atoms with Gasteiger partial charge in [-0.1, -0.05) is 0 Å². The number of non-ortho nitro benzene ring substituents is 1. The van der Waals surface area contributed by atoms with Gasteiger partial charge in [0.2, 0.25) is 0 Å². The highest BCUT2D eigenvalue weighted by molar-refractivity contribution is 5.59. The lowest BCUT2D eigenvalue weighted by molar-refractivity contribution is -0.385. The maximum Gasteiger partial charge on any atom is 0.270 e. The second-order valence-electron chi connectivity index (χ2n) is 5.16. The molecule has 1 fully saturated rings. The van der Waals surface area contributed by atoms with Gasteiger partial charge in [0, 0.05) is 42.6 Å². The molecular weight excluding hydrogens is 282 g/mol. The number of aliphatic hydroxyl groups is 1. The molecule has 1 saturated heterocycles. The zero-order chi connectivity index (χ0) is 15.4. The van der Waals surface area contributed by atoms with Crippen LogP contribution in [0.25, 0.3) is 0 Å². The van der Waals surface area contributed by atoms with Gasteiger partial charge in [0.15, 0.2) is 0 Å². The normalized spacial score (nSPS) is 18.5. The van der Waals surface area contributed by atoms with Crippen molar-refractivity contribution in [3.63, 3.8) is 0 Å². The van der Waals surface area contributed by atoms with E-state index in [0.29, 0.717) is 18.7 Å². The molecular formula is C14H18F2N2O3. The summed E-state index contributed by atoms with van der Waals surface area (Å²) in [7, 11) is 0. The van der Waals surface area contributed by atoms with Crippen LogP contribution in [-0.2, 0) is 0 Å². The zero-order valence-corrected chi connectivity index (χ0v) is 11.5. The first-order chi connectivity index (χ1) is 10.0. The third-order valence-corrected chi connectivity index (χ3v) is 3.84. The van der Waals surface area contributed by atoms with Crippen molar-refractivity contribution in [2.24, 2.45) is 0 Å². The number of hydrogen-bond acceptors (Lipinski definition) is 4. The van der Waals surface area contributed by atoms with Gasteiger partial charge < -0.3 is 10.0 Å². The van der Waals surface area contributed by atoms with E-state index in [1.165, 1.54) is 12.1 Å². The van der Waals surface area contributed by atoms with E-state index in [1.54, 1.807) is 0 Å². The fourth-order valence-electron chi connectivity index (χ4n) is 2.87. The van der Waals surface area contributed by atoms with E-state index in [-0.39, 0.29) is 23.9 Å². The maximum atomic E-state index is 13.2. The predicted molar refractivity (Wildman–Crippen MR) is 74.7 cm³/mol. The summed E-state index contributed by atoms with van der Waals surface area (Å²) in [4.78, 5) is 12.0. The number of anilines is 1. The molecule has 0 bridgehead atoms. The molecule has 5 nitrogen and oxygen atoms in total. The molecule has 0 radical (unpaired) electrons. The van der Waals surface area contributed by atoms with Crippen LogP contribution in [-0.4, -0.2) is 29.2 Å². The average Bonchev–Trinajstić information content (AvgIpc) is 2.92. The molecule has 1 aliphatic rings. The van der Waals surface area contributed by atoms with Crippen LogP contribution < -0.4 is 4.90 Å². The van der Waals surface area contributed by atoms with E-state index in [1.807, 2.05) is 4.90 Å². The Morgan fingerprint density at radius 3 is 2.86 bits per heavy atom. The van der Waals surface area contributed by atoms with Crippen molar-refractivity contribution < 1.29 is 18.8 Å². The third kappa shape index (κ3) is 3.47. The molecule has 1 unspecified atom stereocenters. The molecule has 1 atom stereocenters. The Bertz CT molecular complexity index is 511. The summed E-state index contributed by atoms with van der Waals surface area (Å²) < 4.78 is 26.4. The van der Waals surface area contributed by atoms with Crippen LogP contribution in [0.15, 0.2) is 18.2 Å². The molecule has 0 amide bonds. The summed E-state index contributed by atoms with van der Waals surface area (Å²) in [6, 6.07) is 3.75. The molecule has 116 valence electrons. The Morgan fingerprint density at radius 2 is 2.24 bits per heavy atom. The second-order valence-corrected chi connectivity index (χ2v) is 5.16. The number of aliphatic hydroxyl groups excluding tert-OH is 1. The summed E-state index contributed by atoms with van der Waals surface area (Å²) >= 11 is 0. The largest absolute Gasteiger partial charge is 0.396 e. The first kappa shape index (κ1) is 15.6. The highest BCUT2D eigenvalue weighted by Crippen LogP contribution is 2.37. The van der Waals surface area contributed by atoms with Gasteiger partial charge in [0.25, 0.3) is 12.1 Å². The minimum absolute atomic E-state index is 0.0757. The SMILES string of the molecule is O=[N+]([O-])c1ccc(N2CCCC2CCCO)c(C(F)F)c1. The highest BCUT2D eigenvalue weighted by Gasteiger charge is 2.29. The number of nitrogens with zero attached hydrogens (tertiary/aromatic N) is 2. The Kier molecular flexibility index (Phi) is 5.06. The molecule has 1 heterocycles. The van der Waals surface area contributed by atoms with Gasteiger partial charge in [0.1, 0.15) is 0 Å². The van der Waals surface area contributed by atoms with Crippen molar-refractivity contribution in [2.75, 3.05) is 18.1 Å². The molecule has 1 aromatic carbocycles. The number of alkyl halides is 2. The highest BCUT2D eigenvalue weighted by atomic mass is 19.3. The van der Waals surface area contributed by atoms with E-state index in [0.717, 1.165) is 25.3 Å². The van der Waals surface area contributed by atoms with E-state index < -0.39 is 11.3 Å². The standard InChI is InChI=1S/C14H18F2N2O3/c15-14(16)12-9-11(18(20)21)5-6-13(12)17-7-1-3-10(17)4-2-8-19/h5-6,9-10,14,19H,1-4,7-8H2. The van der Waals surface area contributed by atoms with Crippen LogP contribution in [0.5, 0.6) is 0 Å². The molecule has 21 heavy (non-hydrogen) atoms. The number of nitro benzene ring substituents is 1. The van der Waals surface area contributed by atoms with Gasteiger partial charge >= 0.3 is 0 Å². The van der Waals surface area contributed by atoms with Crippen LogP contribution in [0.1, 0.15) is 37.7 Å². The van der Waals surface area contributed by atoms with Crippen LogP contribution in [0.2, 0.25) is 0 Å². The van der Waals surface area contributed by atoms with Crippen molar-refractivity contribution in [1.82, 2.24) is 0 Å². The van der Waals surface area contributed by atoms with Crippen molar-refractivity contribution in [3.05, 3.63) is 33.9 Å². The van der Waals surface area contributed by atoms with E-state index in [2.05, 4.69) is 0 Å². The first-order valence-corrected chi connectivity index (χ1v) is 6.98. The van der Waals surface area contributed by atoms with Crippen LogP contribution in [0, 0.1) is 10.1 Å². The van der Waals surface area contributed by atoms with Crippen molar-refractivity contribution in [1.29, 1.82) is 0 Å². The molecule has 1 aliphatic heterocycles. The third-order valence-electron chi connectivity index (χ3n) is 3.84. The fourth-order valence-corrected chi connectivity index (χ4v) is 2.87. The lowest BCUT2D eigenvalue weighted by Crippen LogP contribution is -2.30. The summed E-state index contributed by atoms with van der Waals surface area (Å²) in [5.74, 6) is 0. The van der Waals surface area contributed by atoms with E-state index in [9.17, 15) is 18.9 Å². The minimum Gasteiger partial charge on any atom is -0.396 e. The Labute approximate surface area is 121 Å². The molecule has 0 aliphatic carbocycles. The molecule has 1 N–H and O–H groups in total. The second kappa shape index (κ2) is 6.80. The molecule has 0 spiro atoms. The molecule has 7 heteroatoms. The van der Waals surface area contributed by atoms with Gasteiger partial charge in [-0.3, -0.25) is 10.1 Å². The zero-order valence-electron chi connectivity index (χ0n) is 11.5. The van der Waals surface area contributed by atoms with Gasteiger partial charge in [-0.15, -0.1) is 0 Å². The number of halogens is 2. The van der Waals surface area contributed by atoms with Crippen molar-refractivity contribution in [2.45, 2.75) is 38.2 Å². The fraction of sp³-hybridized carbons (Fsp3) is 0.571. The smallest absolute Gasteiger partial charge is 0.270 e. The van der Waals surface area contributed by atoms with Crippen LogP contribution in [0.4, 0.5) is 20.2 Å². The summed E-state index contributed by atoms with van der Waals surface area (Å²) in [5.41, 5.74) is -0.240. The van der Waals surface area contributed by atoms with Gasteiger partial charge in [-0.2, -0.15) is 0 Å². The molecule has 1 aromatic rings. The summed E-state index contributed by atoms with van der Waals surface area (Å²) in [6.07, 6.45) is 0.392. The monoisotopic (exact) mass is 300 g/mol. The van der Waals surface area contributed by atoms with E-state index in [4.69, 9.17) is 5.11 Å². The van der Waals surface area contributed by atoms with Gasteiger partial charge in [-0.05, 0) is 31.7 Å². The number of benzene rings is 1. The summed E-state index contributed by atoms with van der Waals surface area (Å²) in [5, 5.41) is 19.6. The summed E-state index contributed by atoms with van der Waals surface area (Å²) in [6.45, 7) is 0.736. The topological polar surface area (TPSA) is 66.6 Å². The van der Waals surface area contributed by atoms with Crippen molar-refractivity contribution >= 4 is 11.4 Å². The molecule has 0 saturated carbocycles. The minimum atomic E-state index is -2.75. The number of nitro groups is 1. The quantitative estimate of drug-likeness (QED) is 0.647. The van der Waals surface area contributed by atoms with Crippen LogP contribution in [0.3, 0.4) is 0 Å². The van der Waals surface area contributed by atoms with Gasteiger partial charge in [-0.25, -0.2) is 8.78 Å². The van der Waals surface area contributed by atoms with E-state index >= 15 is 0 Å². The van der Waals surface area contributed by atoms with Crippen molar-refractivity contribution in [3.8, 4) is 0 Å². The molecule has 0 aromatic heterocycles. The predicted octanol–water partition coefficient (Wildman–Crippen LogP) is 3.27. The Balaban J connectivity index is 2.31.